The van der Waals surface area contributed by atoms with Crippen molar-refractivity contribution >= 4 is 44.0 Å². The molecule has 0 unspecified atom stereocenters. The van der Waals surface area contributed by atoms with Gasteiger partial charge >= 0.3 is 5.97 Å². The second-order valence-corrected chi connectivity index (χ2v) is 9.79. The van der Waals surface area contributed by atoms with Crippen LogP contribution in [0.2, 0.25) is 0 Å². The summed E-state index contributed by atoms with van der Waals surface area (Å²) in [7, 11) is -3.76. The molecule has 0 saturated carbocycles. The number of rotatable bonds is 7. The molecule has 9 nitrogen and oxygen atoms in total. The van der Waals surface area contributed by atoms with Gasteiger partial charge in [0.2, 0.25) is 10.0 Å². The summed E-state index contributed by atoms with van der Waals surface area (Å²) in [6.45, 7) is 4.58. The lowest BCUT2D eigenvalue weighted by Crippen LogP contribution is -2.13. The van der Waals surface area contributed by atoms with E-state index in [0.717, 1.165) is 5.56 Å². The number of nitrogens with zero attached hydrogens (tertiary/aromatic N) is 3. The molecule has 0 atom stereocenters. The Morgan fingerprint density at radius 3 is 2.30 bits per heavy atom. The number of carbonyl (C=O) groups excluding carboxylic acids is 1. The molecule has 172 valence electrons. The van der Waals surface area contributed by atoms with Crippen LogP contribution in [0.5, 0.6) is 0 Å². The Balaban J connectivity index is 1.74. The van der Waals surface area contributed by atoms with Crippen LogP contribution < -0.4 is 10.9 Å². The Labute approximate surface area is 191 Å². The normalized spacial score (nSPS) is 12.0. The van der Waals surface area contributed by atoms with Crippen LogP contribution in [-0.2, 0) is 27.7 Å². The first-order valence-corrected chi connectivity index (χ1v) is 12.0. The van der Waals surface area contributed by atoms with Crippen LogP contribution in [0.25, 0.3) is 22.2 Å². The van der Waals surface area contributed by atoms with Gasteiger partial charge in [-0.1, -0.05) is 38.1 Å². The Morgan fingerprint density at radius 1 is 1.06 bits per heavy atom. The van der Waals surface area contributed by atoms with Gasteiger partial charge in [-0.15, -0.1) is 0 Å². The van der Waals surface area contributed by atoms with Gasteiger partial charge in [0.1, 0.15) is 16.9 Å². The number of aryl methyl sites for hydroxylation is 2. The van der Waals surface area contributed by atoms with Crippen LogP contribution >= 0.6 is 0 Å². The van der Waals surface area contributed by atoms with Gasteiger partial charge in [0, 0.05) is 6.54 Å². The Morgan fingerprint density at radius 2 is 1.70 bits per heavy atom. The molecule has 0 spiro atoms. The second-order valence-electron chi connectivity index (χ2n) is 8.23. The average molecular weight is 468 g/mol. The summed E-state index contributed by atoms with van der Waals surface area (Å²) in [5, 5.41) is 5.17. The lowest BCUT2D eigenvalue weighted by atomic mass is 10.1. The quantitative estimate of drug-likeness (QED) is 0.398. The van der Waals surface area contributed by atoms with E-state index in [1.54, 1.807) is 16.7 Å². The summed E-state index contributed by atoms with van der Waals surface area (Å²) in [6.07, 6.45) is 0.522. The minimum atomic E-state index is -3.76. The van der Waals surface area contributed by atoms with Gasteiger partial charge in [-0.2, -0.15) is 0 Å². The lowest BCUT2D eigenvalue weighted by Gasteiger charge is -2.09. The van der Waals surface area contributed by atoms with Gasteiger partial charge in [0.25, 0.3) is 0 Å². The Hall–Kier alpha value is -3.50. The first-order chi connectivity index (χ1) is 15.6. The minimum Gasteiger partial charge on any atom is -0.462 e. The highest BCUT2D eigenvalue weighted by atomic mass is 32.2. The van der Waals surface area contributed by atoms with E-state index in [2.05, 4.69) is 4.98 Å². The van der Waals surface area contributed by atoms with Crippen molar-refractivity contribution in [1.82, 2.24) is 14.5 Å². The summed E-state index contributed by atoms with van der Waals surface area (Å²) < 4.78 is 30.2. The number of ether oxygens (including phenoxy) is 1. The van der Waals surface area contributed by atoms with E-state index in [9.17, 15) is 13.2 Å². The van der Waals surface area contributed by atoms with Crippen LogP contribution in [0.1, 0.15) is 29.8 Å². The molecule has 0 aliphatic carbocycles. The number of para-hydroxylation sites is 2. The van der Waals surface area contributed by atoms with Crippen molar-refractivity contribution in [1.29, 1.82) is 0 Å². The number of hydrogen-bond acceptors (Lipinski definition) is 7. The molecular weight excluding hydrogens is 442 g/mol. The highest BCUT2D eigenvalue weighted by Crippen LogP contribution is 2.29. The molecule has 2 aromatic heterocycles. The number of nitrogen functional groups attached to an aromatic ring is 1. The predicted octanol–water partition coefficient (Wildman–Crippen LogP) is 2.87. The third-order valence-corrected chi connectivity index (χ3v) is 6.15. The second kappa shape index (κ2) is 8.80. The molecule has 4 aromatic rings. The van der Waals surface area contributed by atoms with Crippen LogP contribution in [0.3, 0.4) is 0 Å². The van der Waals surface area contributed by atoms with Gasteiger partial charge in [-0.3, -0.25) is 0 Å². The Kier molecular flexibility index (Phi) is 6.05. The number of carbonyl (C=O) groups is 1. The van der Waals surface area contributed by atoms with E-state index in [-0.39, 0.29) is 28.8 Å². The maximum absolute atomic E-state index is 12.9. The fourth-order valence-electron chi connectivity index (χ4n) is 3.55. The fraction of sp³-hybridized carbons (Fsp3) is 0.261. The SMILES string of the molecule is CC(C)COC(=O)c1c(N)n(CCc2ccc(S(N)(=O)=O)cc2)c2nc3ccccc3nc12. The molecule has 2 aromatic carbocycles. The van der Waals surface area contributed by atoms with Gasteiger partial charge in [-0.05, 0) is 42.2 Å². The number of aromatic nitrogens is 3. The maximum Gasteiger partial charge on any atom is 0.344 e. The predicted molar refractivity (Wildman–Crippen MR) is 126 cm³/mol. The average Bonchev–Trinajstić information content (AvgIpc) is 3.04. The molecule has 0 saturated heterocycles. The number of esters is 1. The van der Waals surface area contributed by atoms with E-state index in [4.69, 9.17) is 20.6 Å². The number of hydrogen-bond donors (Lipinski definition) is 2. The molecule has 0 amide bonds. The van der Waals surface area contributed by atoms with Gasteiger partial charge < -0.3 is 15.0 Å². The van der Waals surface area contributed by atoms with Crippen molar-refractivity contribution in [2.24, 2.45) is 11.1 Å². The van der Waals surface area contributed by atoms with Crippen LogP contribution in [0.4, 0.5) is 5.82 Å². The molecule has 0 fully saturated rings. The van der Waals surface area contributed by atoms with Crippen molar-refractivity contribution in [3.63, 3.8) is 0 Å². The first kappa shape index (κ1) is 22.7. The van der Waals surface area contributed by atoms with Gasteiger partial charge in [0.15, 0.2) is 5.65 Å². The monoisotopic (exact) mass is 467 g/mol. The molecule has 0 bridgehead atoms. The first-order valence-electron chi connectivity index (χ1n) is 10.5. The molecule has 0 radical (unpaired) electrons. The van der Waals surface area contributed by atoms with E-state index in [1.165, 1.54) is 12.1 Å². The molecule has 0 aliphatic rings. The summed E-state index contributed by atoms with van der Waals surface area (Å²) in [5.74, 6) is -0.127. The summed E-state index contributed by atoms with van der Waals surface area (Å²) in [5.41, 5.74) is 9.71. The van der Waals surface area contributed by atoms with E-state index in [1.807, 2.05) is 38.1 Å². The summed E-state index contributed by atoms with van der Waals surface area (Å²) >= 11 is 0. The van der Waals surface area contributed by atoms with Crippen LogP contribution in [0.15, 0.2) is 53.4 Å². The zero-order valence-electron chi connectivity index (χ0n) is 18.4. The third-order valence-electron chi connectivity index (χ3n) is 5.22. The van der Waals surface area contributed by atoms with Crippen molar-refractivity contribution in [3.05, 3.63) is 59.7 Å². The standard InChI is InChI=1S/C23H25N5O4S/c1-14(2)13-32-23(29)19-20-22(27-18-6-4-3-5-17(18)26-20)28(21(19)24)12-11-15-7-9-16(10-8-15)33(25,30)31/h3-10,14H,11-13,24H2,1-2H3,(H2,25,30,31). The highest BCUT2D eigenvalue weighted by Gasteiger charge is 2.25. The molecule has 33 heavy (non-hydrogen) atoms. The smallest absolute Gasteiger partial charge is 0.344 e. The number of benzene rings is 2. The van der Waals surface area contributed by atoms with Crippen molar-refractivity contribution < 1.29 is 17.9 Å². The molecule has 10 heteroatoms. The topological polar surface area (TPSA) is 143 Å². The van der Waals surface area contributed by atoms with Crippen molar-refractivity contribution in [2.75, 3.05) is 12.3 Å². The molecule has 2 heterocycles. The van der Waals surface area contributed by atoms with Gasteiger partial charge in [-0.25, -0.2) is 28.3 Å². The molecule has 4 rings (SSSR count). The number of sulfonamides is 1. The summed E-state index contributed by atoms with van der Waals surface area (Å²) in [4.78, 5) is 22.3. The van der Waals surface area contributed by atoms with Crippen molar-refractivity contribution in [2.45, 2.75) is 31.7 Å². The summed E-state index contributed by atoms with van der Waals surface area (Å²) in [6, 6.07) is 13.7. The fourth-order valence-corrected chi connectivity index (χ4v) is 4.06. The highest BCUT2D eigenvalue weighted by molar-refractivity contribution is 7.89. The van der Waals surface area contributed by atoms with E-state index in [0.29, 0.717) is 35.2 Å². The lowest BCUT2D eigenvalue weighted by molar-refractivity contribution is 0.0462. The molecule has 4 N–H and O–H groups in total. The zero-order valence-corrected chi connectivity index (χ0v) is 19.2. The van der Waals surface area contributed by atoms with E-state index < -0.39 is 16.0 Å². The van der Waals surface area contributed by atoms with E-state index >= 15 is 0 Å². The maximum atomic E-state index is 12.9. The third kappa shape index (κ3) is 4.67. The van der Waals surface area contributed by atoms with Crippen LogP contribution in [0, 0.1) is 5.92 Å². The molecule has 0 aliphatic heterocycles. The van der Waals surface area contributed by atoms with Crippen molar-refractivity contribution in [3.8, 4) is 0 Å². The molecular formula is C23H25N5O4S. The zero-order chi connectivity index (χ0) is 23.8. The number of primary sulfonamides is 1. The van der Waals surface area contributed by atoms with Gasteiger partial charge in [0.05, 0.1) is 22.5 Å². The number of fused-ring (bicyclic) bond motifs is 2. The van der Waals surface area contributed by atoms with Crippen LogP contribution in [-0.4, -0.2) is 35.5 Å². The minimum absolute atomic E-state index is 0.0460. The number of anilines is 1. The number of nitrogens with two attached hydrogens (primary N) is 2. The Bertz CT molecular complexity index is 1440. The largest absolute Gasteiger partial charge is 0.462 e.